The number of para-hydroxylation sites is 2. The molecule has 1 fully saturated rings. The third-order valence-electron chi connectivity index (χ3n) is 7.53. The zero-order chi connectivity index (χ0) is 31.3. The van der Waals surface area contributed by atoms with Crippen molar-refractivity contribution >= 4 is 23.9 Å². The Morgan fingerprint density at radius 2 is 0.864 bits per heavy atom. The molecule has 0 saturated heterocycles. The molecule has 2 aromatic carbocycles. The number of rotatable bonds is 18. The summed E-state index contributed by atoms with van der Waals surface area (Å²) >= 11 is 0. The second kappa shape index (κ2) is 16.4. The number of aliphatic carboxylic acids is 2. The molecule has 2 bridgehead atoms. The van der Waals surface area contributed by atoms with Crippen molar-refractivity contribution in [2.75, 3.05) is 52.9 Å². The zero-order valence-electron chi connectivity index (χ0n) is 24.0. The molecule has 0 amide bonds. The first kappa shape index (κ1) is 32.5. The number of carboxylic acid groups (broad SMARTS) is 2. The fourth-order valence-electron chi connectivity index (χ4n) is 5.65. The Bertz CT molecular complexity index is 1170. The fraction of sp³-hybridized carbons (Fsp3) is 0.438. The van der Waals surface area contributed by atoms with Gasteiger partial charge >= 0.3 is 23.9 Å². The van der Waals surface area contributed by atoms with Crippen LogP contribution in [-0.4, -0.2) is 86.9 Å². The monoisotopic (exact) mass is 612 g/mol. The van der Waals surface area contributed by atoms with Crippen LogP contribution in [0.2, 0.25) is 0 Å². The molecule has 2 aromatic rings. The van der Waals surface area contributed by atoms with Gasteiger partial charge in [-0.1, -0.05) is 48.6 Å². The van der Waals surface area contributed by atoms with Crippen LogP contribution in [0.3, 0.4) is 0 Å². The third kappa shape index (κ3) is 8.57. The van der Waals surface area contributed by atoms with Crippen molar-refractivity contribution in [3.8, 4) is 11.5 Å². The molecule has 44 heavy (non-hydrogen) atoms. The van der Waals surface area contributed by atoms with Crippen molar-refractivity contribution in [3.05, 3.63) is 72.8 Å². The van der Waals surface area contributed by atoms with E-state index in [-0.39, 0.29) is 52.9 Å². The van der Waals surface area contributed by atoms with Gasteiger partial charge in [-0.3, -0.25) is 19.2 Å². The minimum Gasteiger partial charge on any atom is -0.491 e. The summed E-state index contributed by atoms with van der Waals surface area (Å²) in [4.78, 5) is 50.8. The first-order valence-electron chi connectivity index (χ1n) is 14.4. The maximum absolute atomic E-state index is 13.2. The van der Waals surface area contributed by atoms with Crippen LogP contribution in [-0.2, 0) is 38.1 Å². The number of esters is 2. The van der Waals surface area contributed by atoms with Crippen LogP contribution in [0.1, 0.15) is 0 Å². The van der Waals surface area contributed by atoms with E-state index in [1.54, 1.807) is 0 Å². The maximum atomic E-state index is 13.2. The van der Waals surface area contributed by atoms with Gasteiger partial charge in [-0.15, -0.1) is 0 Å². The molecule has 3 aliphatic carbocycles. The molecule has 1 saturated carbocycles. The van der Waals surface area contributed by atoms with E-state index in [1.165, 1.54) is 12.2 Å². The van der Waals surface area contributed by atoms with Crippen molar-refractivity contribution in [3.63, 3.8) is 0 Å². The van der Waals surface area contributed by atoms with Crippen LogP contribution in [0.15, 0.2) is 72.8 Å². The Hall–Kier alpha value is -4.42. The average molecular weight is 613 g/mol. The van der Waals surface area contributed by atoms with E-state index in [9.17, 15) is 29.4 Å². The molecule has 0 radical (unpaired) electrons. The summed E-state index contributed by atoms with van der Waals surface area (Å²) in [5.41, 5.74) is 0. The molecule has 0 aromatic heterocycles. The van der Waals surface area contributed by atoms with Gasteiger partial charge in [0.1, 0.15) is 37.9 Å². The molecule has 4 atom stereocenters. The quantitative estimate of drug-likeness (QED) is 0.144. The van der Waals surface area contributed by atoms with Crippen LogP contribution in [0.5, 0.6) is 11.5 Å². The van der Waals surface area contributed by atoms with Crippen LogP contribution >= 0.6 is 0 Å². The highest BCUT2D eigenvalue weighted by atomic mass is 16.6. The molecule has 2 N–H and O–H groups in total. The maximum Gasteiger partial charge on any atom is 0.310 e. The Labute approximate surface area is 254 Å². The normalized spacial score (nSPS) is 23.5. The summed E-state index contributed by atoms with van der Waals surface area (Å²) in [6.45, 7) is 0.799. The molecule has 4 unspecified atom stereocenters. The standard InChI is InChI=1S/C32H36O12/c33-29(34)25-23-11-12-24(27(25)31(37)43-19-15-39-13-17-41-21-7-3-1-4-8-21)28(26(23)30(35)36)32(38)44-20-16-40-14-18-42-22-9-5-2-6-10-22/h1-12,23-28H,13-20H2,(H,33,34)(H,35,36). The van der Waals surface area contributed by atoms with Gasteiger partial charge in [0, 0.05) is 11.8 Å². The van der Waals surface area contributed by atoms with Gasteiger partial charge in [-0.25, -0.2) is 0 Å². The highest BCUT2D eigenvalue weighted by molar-refractivity contribution is 5.89. The summed E-state index contributed by atoms with van der Waals surface area (Å²) in [5.74, 6) is -10.4. The van der Waals surface area contributed by atoms with E-state index in [4.69, 9.17) is 28.4 Å². The molecule has 0 heterocycles. The SMILES string of the molecule is O=C(O)C1C2C=CC(C1C(=O)OCCOCCOc1ccccc1)C(C(=O)OCCOCCOc1ccccc1)C2C(=O)O. The summed E-state index contributed by atoms with van der Waals surface area (Å²) in [7, 11) is 0. The molecule has 5 rings (SSSR count). The van der Waals surface area contributed by atoms with Crippen LogP contribution in [0, 0.1) is 35.5 Å². The lowest BCUT2D eigenvalue weighted by Crippen LogP contribution is -2.58. The highest BCUT2D eigenvalue weighted by Crippen LogP contribution is 2.52. The van der Waals surface area contributed by atoms with Crippen molar-refractivity contribution in [1.82, 2.24) is 0 Å². The lowest BCUT2D eigenvalue weighted by molar-refractivity contribution is -0.183. The van der Waals surface area contributed by atoms with E-state index in [2.05, 4.69) is 0 Å². The minimum absolute atomic E-state index is 0.0396. The Morgan fingerprint density at radius 3 is 1.25 bits per heavy atom. The number of allylic oxidation sites excluding steroid dienone is 2. The van der Waals surface area contributed by atoms with E-state index >= 15 is 0 Å². The van der Waals surface area contributed by atoms with Gasteiger partial charge in [-0.05, 0) is 24.3 Å². The number of fused-ring (bicyclic) bond motifs is 2. The summed E-state index contributed by atoms with van der Waals surface area (Å²) in [5, 5.41) is 19.9. The van der Waals surface area contributed by atoms with Crippen molar-refractivity contribution in [2.24, 2.45) is 35.5 Å². The number of carbonyl (C=O) groups excluding carboxylic acids is 2. The summed E-state index contributed by atoms with van der Waals surface area (Å²) in [6.07, 6.45) is 2.98. The molecule has 0 aliphatic heterocycles. The third-order valence-corrected chi connectivity index (χ3v) is 7.53. The molecule has 0 spiro atoms. The minimum atomic E-state index is -1.38. The smallest absolute Gasteiger partial charge is 0.310 e. The van der Waals surface area contributed by atoms with Gasteiger partial charge < -0.3 is 38.6 Å². The van der Waals surface area contributed by atoms with Gasteiger partial charge in [0.25, 0.3) is 0 Å². The van der Waals surface area contributed by atoms with Gasteiger partial charge in [0.05, 0.1) is 50.1 Å². The highest BCUT2D eigenvalue weighted by Gasteiger charge is 2.61. The Morgan fingerprint density at radius 1 is 0.500 bits per heavy atom. The van der Waals surface area contributed by atoms with Gasteiger partial charge in [-0.2, -0.15) is 0 Å². The molecular formula is C32H36O12. The molecule has 236 valence electrons. The second-order valence-electron chi connectivity index (χ2n) is 10.2. The van der Waals surface area contributed by atoms with Crippen LogP contribution < -0.4 is 9.47 Å². The first-order chi connectivity index (χ1) is 21.4. The largest absolute Gasteiger partial charge is 0.491 e. The number of carbonyl (C=O) groups is 4. The lowest BCUT2D eigenvalue weighted by Gasteiger charge is -2.48. The predicted molar refractivity (Wildman–Crippen MR) is 153 cm³/mol. The fourth-order valence-corrected chi connectivity index (χ4v) is 5.65. The van der Waals surface area contributed by atoms with Crippen molar-refractivity contribution < 1.29 is 57.8 Å². The van der Waals surface area contributed by atoms with Crippen LogP contribution in [0.25, 0.3) is 0 Å². The zero-order valence-corrected chi connectivity index (χ0v) is 24.0. The van der Waals surface area contributed by atoms with E-state index in [1.807, 2.05) is 60.7 Å². The number of ether oxygens (including phenoxy) is 6. The molecule has 12 heteroatoms. The average Bonchev–Trinajstić information content (AvgIpc) is 3.03. The number of hydrogen-bond acceptors (Lipinski definition) is 10. The summed E-state index contributed by atoms with van der Waals surface area (Å²) < 4.78 is 32.6. The predicted octanol–water partition coefficient (Wildman–Crippen LogP) is 2.71. The van der Waals surface area contributed by atoms with Gasteiger partial charge in [0.15, 0.2) is 0 Å². The Kier molecular flexibility index (Phi) is 12.1. The summed E-state index contributed by atoms with van der Waals surface area (Å²) in [6, 6.07) is 18.3. The number of benzene rings is 2. The first-order valence-corrected chi connectivity index (χ1v) is 14.4. The lowest BCUT2D eigenvalue weighted by atomic mass is 9.53. The van der Waals surface area contributed by atoms with E-state index in [0.717, 1.165) is 0 Å². The van der Waals surface area contributed by atoms with Crippen molar-refractivity contribution in [2.45, 2.75) is 0 Å². The van der Waals surface area contributed by atoms with E-state index < -0.39 is 59.4 Å². The molecule has 12 nitrogen and oxygen atoms in total. The second-order valence-corrected chi connectivity index (χ2v) is 10.2. The van der Waals surface area contributed by atoms with E-state index in [0.29, 0.717) is 11.5 Å². The van der Waals surface area contributed by atoms with Crippen LogP contribution in [0.4, 0.5) is 0 Å². The van der Waals surface area contributed by atoms with Crippen molar-refractivity contribution in [1.29, 1.82) is 0 Å². The molecular weight excluding hydrogens is 576 g/mol. The molecule has 3 aliphatic rings. The topological polar surface area (TPSA) is 164 Å². The van der Waals surface area contributed by atoms with Gasteiger partial charge in [0.2, 0.25) is 0 Å². The number of hydrogen-bond donors (Lipinski definition) is 2. The number of carboxylic acids is 2. The Balaban J connectivity index is 1.26.